The van der Waals surface area contributed by atoms with Crippen molar-refractivity contribution >= 4 is 6.08 Å². The van der Waals surface area contributed by atoms with Crippen molar-refractivity contribution in [1.82, 2.24) is 0 Å². The fourth-order valence-corrected chi connectivity index (χ4v) is 1.41. The molecule has 0 atom stereocenters. The van der Waals surface area contributed by atoms with Crippen molar-refractivity contribution in [2.75, 3.05) is 0 Å². The van der Waals surface area contributed by atoms with Gasteiger partial charge >= 0.3 is 0 Å². The van der Waals surface area contributed by atoms with Crippen LogP contribution in [0, 0.1) is 0 Å². The molecule has 0 amide bonds. The summed E-state index contributed by atoms with van der Waals surface area (Å²) < 4.78 is 0. The zero-order valence-corrected chi connectivity index (χ0v) is 8.87. The van der Waals surface area contributed by atoms with Crippen LogP contribution in [0.25, 0.3) is 6.08 Å². The maximum atomic E-state index is 3.66. The zero-order chi connectivity index (χ0) is 10.2. The first-order valence-corrected chi connectivity index (χ1v) is 5.25. The van der Waals surface area contributed by atoms with E-state index in [1.165, 1.54) is 30.4 Å². The third kappa shape index (κ3) is 3.61. The molecule has 0 bridgehead atoms. The van der Waals surface area contributed by atoms with Crippen molar-refractivity contribution < 1.29 is 0 Å². The molecule has 74 valence electrons. The lowest BCUT2D eigenvalue weighted by Crippen LogP contribution is -1.84. The smallest absolute Gasteiger partial charge is 0.0254 e. The highest BCUT2D eigenvalue weighted by molar-refractivity contribution is 5.51. The topological polar surface area (TPSA) is 0 Å². The molecular formula is C14H18. The lowest BCUT2D eigenvalue weighted by molar-refractivity contribution is 0.795. The number of hydrogen-bond donors (Lipinski definition) is 0. The summed E-state index contributed by atoms with van der Waals surface area (Å²) in [5.74, 6) is 0. The average Bonchev–Trinajstić information content (AvgIpc) is 2.24. The molecule has 0 saturated heterocycles. The predicted molar refractivity (Wildman–Crippen MR) is 64.3 cm³/mol. The summed E-state index contributed by atoms with van der Waals surface area (Å²) in [4.78, 5) is 0. The minimum absolute atomic E-state index is 1.19. The van der Waals surface area contributed by atoms with Gasteiger partial charge in [0, 0.05) is 0 Å². The molecule has 0 nitrogen and oxygen atoms in total. The van der Waals surface area contributed by atoms with Crippen LogP contribution in [0.5, 0.6) is 0 Å². The molecule has 1 rings (SSSR count). The van der Waals surface area contributed by atoms with Crippen LogP contribution in [0.4, 0.5) is 0 Å². The van der Waals surface area contributed by atoms with E-state index in [-0.39, 0.29) is 0 Å². The molecule has 0 N–H and O–H groups in total. The van der Waals surface area contributed by atoms with Gasteiger partial charge in [0.25, 0.3) is 0 Å². The van der Waals surface area contributed by atoms with Gasteiger partial charge in [0.15, 0.2) is 0 Å². The van der Waals surface area contributed by atoms with Crippen molar-refractivity contribution in [2.24, 2.45) is 0 Å². The molecule has 1 aromatic carbocycles. The Morgan fingerprint density at radius 3 is 2.93 bits per heavy atom. The van der Waals surface area contributed by atoms with E-state index < -0.39 is 0 Å². The van der Waals surface area contributed by atoms with Gasteiger partial charge in [-0.05, 0) is 24.0 Å². The minimum Gasteiger partial charge on any atom is -0.0991 e. The third-order valence-corrected chi connectivity index (χ3v) is 2.19. The Morgan fingerprint density at radius 1 is 1.36 bits per heavy atom. The third-order valence-electron chi connectivity index (χ3n) is 2.19. The summed E-state index contributed by atoms with van der Waals surface area (Å²) in [7, 11) is 0. The van der Waals surface area contributed by atoms with Gasteiger partial charge in [0.05, 0.1) is 0 Å². The quantitative estimate of drug-likeness (QED) is 0.604. The normalized spacial score (nSPS) is 10.6. The van der Waals surface area contributed by atoms with Crippen molar-refractivity contribution in [2.45, 2.75) is 26.2 Å². The summed E-state index contributed by atoms with van der Waals surface area (Å²) in [5.41, 5.74) is 2.69. The number of hydrogen-bond acceptors (Lipinski definition) is 0. The first kappa shape index (κ1) is 10.8. The number of allylic oxidation sites excluding steroid dienone is 2. The van der Waals surface area contributed by atoms with Gasteiger partial charge in [-0.15, -0.1) is 0 Å². The molecule has 0 unspecified atom stereocenters. The van der Waals surface area contributed by atoms with Crippen molar-refractivity contribution in [3.05, 3.63) is 54.1 Å². The van der Waals surface area contributed by atoms with Crippen molar-refractivity contribution in [1.29, 1.82) is 0 Å². The molecule has 0 fully saturated rings. The molecule has 0 heteroatoms. The van der Waals surface area contributed by atoms with E-state index in [9.17, 15) is 0 Å². The number of unbranched alkanes of at least 4 members (excludes halogenated alkanes) is 1. The van der Waals surface area contributed by atoms with Crippen LogP contribution in [0.3, 0.4) is 0 Å². The van der Waals surface area contributed by atoms with E-state index in [1.54, 1.807) is 6.08 Å². The molecule has 0 saturated carbocycles. The van der Waals surface area contributed by atoms with Gasteiger partial charge < -0.3 is 0 Å². The molecule has 0 aromatic heterocycles. The second kappa shape index (κ2) is 6.20. The SMILES string of the molecule is C=CC=Cc1cccc(CCCC)c1. The Labute approximate surface area is 87.0 Å². The Balaban J connectivity index is 2.68. The second-order valence-electron chi connectivity index (χ2n) is 3.44. The maximum Gasteiger partial charge on any atom is -0.0254 e. The average molecular weight is 186 g/mol. The van der Waals surface area contributed by atoms with Gasteiger partial charge in [-0.2, -0.15) is 0 Å². The molecular weight excluding hydrogens is 168 g/mol. The van der Waals surface area contributed by atoms with Gasteiger partial charge in [0.1, 0.15) is 0 Å². The van der Waals surface area contributed by atoms with E-state index in [2.05, 4.69) is 43.8 Å². The number of aryl methyl sites for hydroxylation is 1. The fourth-order valence-electron chi connectivity index (χ4n) is 1.41. The predicted octanol–water partition coefficient (Wildman–Crippen LogP) is 4.23. The van der Waals surface area contributed by atoms with Crippen molar-refractivity contribution in [3.8, 4) is 0 Å². The first-order valence-electron chi connectivity index (χ1n) is 5.25. The lowest BCUT2D eigenvalue weighted by Gasteiger charge is -2.00. The molecule has 1 aromatic rings. The standard InChI is InChI=1S/C14H18/c1-3-5-8-13-10-7-11-14(12-13)9-6-4-2/h3,5,7-8,10-12H,1,4,6,9H2,2H3. The number of benzene rings is 1. The van der Waals surface area contributed by atoms with E-state index in [1.807, 2.05) is 6.08 Å². The Hall–Kier alpha value is -1.30. The molecule has 0 aliphatic heterocycles. The summed E-state index contributed by atoms with van der Waals surface area (Å²) in [5, 5.41) is 0. The zero-order valence-electron chi connectivity index (χ0n) is 8.87. The van der Waals surface area contributed by atoms with Crippen LogP contribution in [0.2, 0.25) is 0 Å². The van der Waals surface area contributed by atoms with Crippen molar-refractivity contribution in [3.63, 3.8) is 0 Å². The van der Waals surface area contributed by atoms with Crippen LogP contribution in [-0.4, -0.2) is 0 Å². The highest BCUT2D eigenvalue weighted by Gasteiger charge is 1.92. The first-order chi connectivity index (χ1) is 6.86. The number of rotatable bonds is 5. The maximum absolute atomic E-state index is 3.66. The largest absolute Gasteiger partial charge is 0.0991 e. The van der Waals surface area contributed by atoms with Crippen LogP contribution < -0.4 is 0 Å². The van der Waals surface area contributed by atoms with E-state index in [0.717, 1.165) is 0 Å². The Kier molecular flexibility index (Phi) is 4.77. The minimum atomic E-state index is 1.19. The van der Waals surface area contributed by atoms with E-state index in [4.69, 9.17) is 0 Å². The lowest BCUT2D eigenvalue weighted by atomic mass is 10.1. The van der Waals surface area contributed by atoms with Gasteiger partial charge in [-0.1, -0.05) is 62.4 Å². The summed E-state index contributed by atoms with van der Waals surface area (Å²) in [6.45, 7) is 5.88. The highest BCUT2D eigenvalue weighted by Crippen LogP contribution is 2.10. The van der Waals surface area contributed by atoms with Gasteiger partial charge in [0.2, 0.25) is 0 Å². The Morgan fingerprint density at radius 2 is 2.21 bits per heavy atom. The van der Waals surface area contributed by atoms with Gasteiger partial charge in [-0.3, -0.25) is 0 Å². The molecule has 0 radical (unpaired) electrons. The molecule has 0 aliphatic carbocycles. The highest BCUT2D eigenvalue weighted by atomic mass is 14.0. The molecule has 0 aliphatic rings. The van der Waals surface area contributed by atoms with Gasteiger partial charge in [-0.25, -0.2) is 0 Å². The van der Waals surface area contributed by atoms with E-state index >= 15 is 0 Å². The molecule has 0 heterocycles. The summed E-state index contributed by atoms with van der Waals surface area (Å²) in [6, 6.07) is 8.68. The summed E-state index contributed by atoms with van der Waals surface area (Å²) >= 11 is 0. The summed E-state index contributed by atoms with van der Waals surface area (Å²) in [6.07, 6.45) is 9.58. The van der Waals surface area contributed by atoms with Crippen LogP contribution >= 0.6 is 0 Å². The second-order valence-corrected chi connectivity index (χ2v) is 3.44. The molecule has 14 heavy (non-hydrogen) atoms. The van der Waals surface area contributed by atoms with E-state index in [0.29, 0.717) is 0 Å². The fraction of sp³-hybridized carbons (Fsp3) is 0.286. The Bertz CT molecular complexity index is 308. The molecule has 0 spiro atoms. The monoisotopic (exact) mass is 186 g/mol. The van der Waals surface area contributed by atoms with Crippen LogP contribution in [0.15, 0.2) is 43.0 Å². The van der Waals surface area contributed by atoms with Crippen LogP contribution in [0.1, 0.15) is 30.9 Å². The van der Waals surface area contributed by atoms with Crippen LogP contribution in [-0.2, 0) is 6.42 Å².